The molecule has 0 radical (unpaired) electrons. The number of para-hydroxylation sites is 1. The zero-order valence-electron chi connectivity index (χ0n) is 12.8. The molecule has 24 heavy (non-hydrogen) atoms. The third kappa shape index (κ3) is 3.08. The summed E-state index contributed by atoms with van der Waals surface area (Å²) in [5, 5.41) is 3.48. The van der Waals surface area contributed by atoms with Crippen LogP contribution in [0.25, 0.3) is 0 Å². The predicted octanol–water partition coefficient (Wildman–Crippen LogP) is 1.65. The van der Waals surface area contributed by atoms with Gasteiger partial charge in [0, 0.05) is 12.5 Å². The van der Waals surface area contributed by atoms with E-state index >= 15 is 0 Å². The van der Waals surface area contributed by atoms with Crippen LogP contribution in [0.1, 0.15) is 17.0 Å². The first-order valence-electron chi connectivity index (χ1n) is 7.31. The Bertz CT molecular complexity index is 734. The molecule has 1 aromatic heterocycles. The zero-order valence-corrected chi connectivity index (χ0v) is 12.8. The molecule has 1 amide bonds. The van der Waals surface area contributed by atoms with Crippen molar-refractivity contribution in [2.24, 2.45) is 0 Å². The van der Waals surface area contributed by atoms with Crippen LogP contribution in [-0.4, -0.2) is 47.7 Å². The topological polar surface area (TPSA) is 81.9 Å². The highest BCUT2D eigenvalue weighted by Gasteiger charge is 2.42. The number of carbonyl (C=O) groups excluding carboxylic acids is 2. The van der Waals surface area contributed by atoms with Crippen molar-refractivity contribution < 1.29 is 28.0 Å². The molecular weight excluding hydrogens is 319 g/mol. The number of carbonyl (C=O) groups is 2. The van der Waals surface area contributed by atoms with Gasteiger partial charge in [-0.3, -0.25) is 4.79 Å². The van der Waals surface area contributed by atoms with Crippen LogP contribution in [0.4, 0.5) is 4.39 Å². The standard InChI is InChI=1S/C16H15FN2O5/c1-22-16(21)12-8-10(23-13-5-3-2-4-11(13)17)9-19(12)15(20)14-6-7-18-24-14/h2-7,10,12H,8-9H2,1H3/t10-,12+/m1/s1. The molecule has 1 fully saturated rings. The van der Waals surface area contributed by atoms with E-state index in [4.69, 9.17) is 14.0 Å². The van der Waals surface area contributed by atoms with Gasteiger partial charge in [0.1, 0.15) is 12.1 Å². The van der Waals surface area contributed by atoms with Crippen molar-refractivity contribution in [1.29, 1.82) is 0 Å². The smallest absolute Gasteiger partial charge is 0.328 e. The molecule has 0 unspecified atom stereocenters. The number of hydrogen-bond acceptors (Lipinski definition) is 6. The summed E-state index contributed by atoms with van der Waals surface area (Å²) in [4.78, 5) is 25.7. The molecule has 126 valence electrons. The van der Waals surface area contributed by atoms with Gasteiger partial charge in [0.25, 0.3) is 5.91 Å². The third-order valence-electron chi connectivity index (χ3n) is 3.78. The zero-order chi connectivity index (χ0) is 17.1. The number of halogens is 1. The summed E-state index contributed by atoms with van der Waals surface area (Å²) in [6.07, 6.45) is 0.989. The molecule has 2 aromatic rings. The molecule has 1 aliphatic rings. The van der Waals surface area contributed by atoms with Crippen LogP contribution in [0.5, 0.6) is 5.75 Å². The average Bonchev–Trinajstić information content (AvgIpc) is 3.25. The Morgan fingerprint density at radius 3 is 2.79 bits per heavy atom. The van der Waals surface area contributed by atoms with Crippen LogP contribution in [0.3, 0.4) is 0 Å². The number of rotatable bonds is 4. The number of benzene rings is 1. The normalized spacial score (nSPS) is 20.0. The Hall–Kier alpha value is -2.90. The van der Waals surface area contributed by atoms with Crippen LogP contribution in [0.2, 0.25) is 0 Å². The van der Waals surface area contributed by atoms with Gasteiger partial charge in [-0.1, -0.05) is 17.3 Å². The van der Waals surface area contributed by atoms with Gasteiger partial charge >= 0.3 is 5.97 Å². The Morgan fingerprint density at radius 1 is 1.33 bits per heavy atom. The lowest BCUT2D eigenvalue weighted by Gasteiger charge is -2.20. The van der Waals surface area contributed by atoms with E-state index in [1.807, 2.05) is 0 Å². The minimum atomic E-state index is -0.829. The molecule has 0 N–H and O–H groups in total. The van der Waals surface area contributed by atoms with Crippen LogP contribution >= 0.6 is 0 Å². The average molecular weight is 334 g/mol. The maximum atomic E-state index is 13.7. The highest BCUT2D eigenvalue weighted by Crippen LogP contribution is 2.26. The van der Waals surface area contributed by atoms with E-state index < -0.39 is 29.8 Å². The molecular formula is C16H15FN2O5. The van der Waals surface area contributed by atoms with E-state index in [0.29, 0.717) is 0 Å². The van der Waals surface area contributed by atoms with Crippen molar-refractivity contribution in [2.75, 3.05) is 13.7 Å². The maximum Gasteiger partial charge on any atom is 0.328 e. The summed E-state index contributed by atoms with van der Waals surface area (Å²) in [6.45, 7) is 0.105. The van der Waals surface area contributed by atoms with Crippen LogP contribution in [0.15, 0.2) is 41.1 Å². The summed E-state index contributed by atoms with van der Waals surface area (Å²) in [5.74, 6) is -1.49. The minimum absolute atomic E-state index is 0.00967. The van der Waals surface area contributed by atoms with E-state index in [1.54, 1.807) is 12.1 Å². The second-order valence-electron chi connectivity index (χ2n) is 5.28. The summed E-state index contributed by atoms with van der Waals surface area (Å²) < 4.78 is 28.9. The second-order valence-corrected chi connectivity index (χ2v) is 5.28. The van der Waals surface area contributed by atoms with Crippen molar-refractivity contribution in [2.45, 2.75) is 18.6 Å². The number of nitrogens with zero attached hydrogens (tertiary/aromatic N) is 2. The monoisotopic (exact) mass is 334 g/mol. The second kappa shape index (κ2) is 6.69. The summed E-state index contributed by atoms with van der Waals surface area (Å²) in [5.41, 5.74) is 0. The van der Waals surface area contributed by atoms with E-state index in [1.165, 1.54) is 36.4 Å². The van der Waals surface area contributed by atoms with Gasteiger partial charge in [-0.15, -0.1) is 0 Å². The fourth-order valence-corrected chi connectivity index (χ4v) is 2.65. The Kier molecular flexibility index (Phi) is 4.45. The maximum absolute atomic E-state index is 13.7. The number of likely N-dealkylation sites (tertiary alicyclic amines) is 1. The van der Waals surface area contributed by atoms with Crippen LogP contribution < -0.4 is 4.74 Å². The van der Waals surface area contributed by atoms with Gasteiger partial charge in [0.05, 0.1) is 19.9 Å². The summed E-state index contributed by atoms with van der Waals surface area (Å²) in [7, 11) is 1.24. The Balaban J connectivity index is 1.79. The molecule has 0 bridgehead atoms. The van der Waals surface area contributed by atoms with Crippen LogP contribution in [0, 0.1) is 5.82 Å². The molecule has 2 atom stereocenters. The first-order valence-corrected chi connectivity index (χ1v) is 7.31. The molecule has 1 aromatic carbocycles. The number of esters is 1. The predicted molar refractivity (Wildman–Crippen MR) is 78.8 cm³/mol. The lowest BCUT2D eigenvalue weighted by Crippen LogP contribution is -2.41. The van der Waals surface area contributed by atoms with Crippen molar-refractivity contribution in [3.8, 4) is 5.75 Å². The SMILES string of the molecule is COC(=O)[C@@H]1C[C@@H](Oc2ccccc2F)CN1C(=O)c1ccno1. The van der Waals surface area contributed by atoms with Crippen LogP contribution in [-0.2, 0) is 9.53 Å². The van der Waals surface area contributed by atoms with Crippen molar-refractivity contribution in [3.05, 3.63) is 48.1 Å². The van der Waals surface area contributed by atoms with Gasteiger partial charge < -0.3 is 18.9 Å². The molecule has 0 spiro atoms. The number of aromatic nitrogens is 1. The van der Waals surface area contributed by atoms with Gasteiger partial charge in [0.15, 0.2) is 11.6 Å². The third-order valence-corrected chi connectivity index (χ3v) is 3.78. The van der Waals surface area contributed by atoms with Gasteiger partial charge in [-0.2, -0.15) is 0 Å². The first-order chi connectivity index (χ1) is 11.6. The lowest BCUT2D eigenvalue weighted by atomic mass is 10.2. The van der Waals surface area contributed by atoms with Gasteiger partial charge in [0.2, 0.25) is 5.76 Å². The summed E-state index contributed by atoms with van der Waals surface area (Å²) >= 11 is 0. The molecule has 8 heteroatoms. The fourth-order valence-electron chi connectivity index (χ4n) is 2.65. The van der Waals surface area contributed by atoms with Gasteiger partial charge in [-0.25, -0.2) is 9.18 Å². The van der Waals surface area contributed by atoms with E-state index in [2.05, 4.69) is 5.16 Å². The minimum Gasteiger partial charge on any atom is -0.485 e. The molecule has 3 rings (SSSR count). The van der Waals surface area contributed by atoms with Crippen molar-refractivity contribution >= 4 is 11.9 Å². The lowest BCUT2D eigenvalue weighted by molar-refractivity contribution is -0.145. The molecule has 1 saturated heterocycles. The highest BCUT2D eigenvalue weighted by molar-refractivity contribution is 5.94. The first kappa shape index (κ1) is 16.0. The highest BCUT2D eigenvalue weighted by atomic mass is 19.1. The number of methoxy groups -OCH3 is 1. The van der Waals surface area contributed by atoms with E-state index in [9.17, 15) is 14.0 Å². The molecule has 7 nitrogen and oxygen atoms in total. The number of ether oxygens (including phenoxy) is 2. The van der Waals surface area contributed by atoms with E-state index in [0.717, 1.165) is 0 Å². The molecule has 0 saturated carbocycles. The summed E-state index contributed by atoms with van der Waals surface area (Å²) in [6, 6.07) is 6.53. The molecule has 0 aliphatic carbocycles. The number of hydrogen-bond donors (Lipinski definition) is 0. The Morgan fingerprint density at radius 2 is 2.12 bits per heavy atom. The quantitative estimate of drug-likeness (QED) is 0.791. The molecule has 2 heterocycles. The largest absolute Gasteiger partial charge is 0.485 e. The van der Waals surface area contributed by atoms with Crippen molar-refractivity contribution in [1.82, 2.24) is 10.1 Å². The van der Waals surface area contributed by atoms with E-state index in [-0.39, 0.29) is 24.5 Å². The Labute approximate surface area is 136 Å². The van der Waals surface area contributed by atoms with Crippen molar-refractivity contribution in [3.63, 3.8) is 0 Å². The molecule has 1 aliphatic heterocycles. The fraction of sp³-hybridized carbons (Fsp3) is 0.312. The number of amides is 1. The van der Waals surface area contributed by atoms with Gasteiger partial charge in [-0.05, 0) is 12.1 Å².